The number of carbonyl (C=O) groups excluding carboxylic acids is 3. The topological polar surface area (TPSA) is 209 Å². The molecule has 7 atom stereocenters. The van der Waals surface area contributed by atoms with E-state index in [-0.39, 0.29) is 31.2 Å². The molecule has 4 amide bonds. The van der Waals surface area contributed by atoms with Crippen molar-refractivity contribution in [3.8, 4) is 11.6 Å². The average Bonchev–Trinajstić information content (AvgIpc) is 3.98. The molecular weight excluding hydrogens is 707 g/mol. The summed E-state index contributed by atoms with van der Waals surface area (Å²) in [5.74, 6) is -1.74. The van der Waals surface area contributed by atoms with Gasteiger partial charge in [-0.3, -0.25) is 19.1 Å². The largest absolute Gasteiger partial charge is 0.497 e. The van der Waals surface area contributed by atoms with E-state index in [1.165, 1.54) is 4.90 Å². The van der Waals surface area contributed by atoms with Crippen LogP contribution in [0.2, 0.25) is 0 Å². The van der Waals surface area contributed by atoms with Gasteiger partial charge in [0.1, 0.15) is 29.5 Å². The number of fused-ring (bicyclic) bond motifs is 3. The van der Waals surface area contributed by atoms with Crippen molar-refractivity contribution in [3.05, 3.63) is 30.4 Å². The normalized spacial score (nSPS) is 30.4. The summed E-state index contributed by atoms with van der Waals surface area (Å²) in [7, 11) is 1.09. The van der Waals surface area contributed by atoms with Gasteiger partial charge < -0.3 is 35.0 Å². The van der Waals surface area contributed by atoms with Gasteiger partial charge >= 0.3 is 6.09 Å². The molecule has 2 aliphatic carbocycles. The smallest absolute Gasteiger partial charge is 0.405 e. The number of methoxy groups -OCH3 is 1. The summed E-state index contributed by atoms with van der Waals surface area (Å²) in [6.07, 6.45) is 4.53. The van der Waals surface area contributed by atoms with Crippen LogP contribution >= 0.6 is 0 Å². The first-order chi connectivity index (χ1) is 25.0. The van der Waals surface area contributed by atoms with Crippen molar-refractivity contribution in [2.45, 2.75) is 94.2 Å². The fourth-order valence-electron chi connectivity index (χ4n) is 7.37. The second-order valence-electron chi connectivity index (χ2n) is 15.5. The van der Waals surface area contributed by atoms with Crippen molar-refractivity contribution in [2.75, 3.05) is 32.6 Å². The second kappa shape index (κ2) is 14.3. The third-order valence-corrected chi connectivity index (χ3v) is 13.2. The maximum atomic E-state index is 14.4. The van der Waals surface area contributed by atoms with Crippen LogP contribution in [0.4, 0.5) is 10.7 Å². The molecule has 1 saturated heterocycles. The van der Waals surface area contributed by atoms with Crippen molar-refractivity contribution < 1.29 is 42.2 Å². The molecule has 4 aliphatic rings. The third-order valence-electron chi connectivity index (χ3n) is 11.1. The van der Waals surface area contributed by atoms with Gasteiger partial charge in [0.05, 0.1) is 29.3 Å². The first-order valence-corrected chi connectivity index (χ1v) is 19.5. The molecular formula is C36H49N7O9S. The highest BCUT2D eigenvalue weighted by Crippen LogP contribution is 2.47. The van der Waals surface area contributed by atoms with Gasteiger partial charge in [0.25, 0.3) is 5.91 Å². The lowest BCUT2D eigenvalue weighted by Gasteiger charge is -2.32. The van der Waals surface area contributed by atoms with Crippen LogP contribution in [0.3, 0.4) is 0 Å². The summed E-state index contributed by atoms with van der Waals surface area (Å²) in [5.41, 5.74) is -1.01. The Labute approximate surface area is 309 Å². The van der Waals surface area contributed by atoms with Crippen molar-refractivity contribution in [3.63, 3.8) is 0 Å². The maximum absolute atomic E-state index is 14.4. The molecule has 3 heterocycles. The number of amides is 4. The molecule has 2 saturated carbocycles. The molecule has 0 spiro atoms. The number of ether oxygens (including phenoxy) is 2. The van der Waals surface area contributed by atoms with Crippen LogP contribution in [0.5, 0.6) is 11.6 Å². The van der Waals surface area contributed by atoms with E-state index in [0.717, 1.165) is 6.42 Å². The van der Waals surface area contributed by atoms with Gasteiger partial charge in [0, 0.05) is 32.5 Å². The zero-order chi connectivity index (χ0) is 38.5. The van der Waals surface area contributed by atoms with Gasteiger partial charge in [0.2, 0.25) is 33.7 Å². The fraction of sp³-hybridized carbons (Fsp3) is 0.611. The molecule has 1 aromatic carbocycles. The predicted molar refractivity (Wildman–Crippen MR) is 195 cm³/mol. The zero-order valence-electron chi connectivity index (χ0n) is 30.9. The van der Waals surface area contributed by atoms with E-state index in [0.29, 0.717) is 48.3 Å². The Hall–Kier alpha value is -4.67. The van der Waals surface area contributed by atoms with E-state index < -0.39 is 74.1 Å². The zero-order valence-corrected chi connectivity index (χ0v) is 31.7. The first kappa shape index (κ1) is 38.1. The Balaban J connectivity index is 1.36. The molecule has 0 bridgehead atoms. The molecule has 288 valence electrons. The van der Waals surface area contributed by atoms with Gasteiger partial charge in [-0.1, -0.05) is 26.0 Å². The molecule has 1 aromatic heterocycles. The number of benzene rings is 1. The SMILES string of the molecule is COc1ccc2c(O[C@@H]3C[C@H]4C(=O)N[C@]5(C(=O)NS(=O)(=O)C6(C)CC6)C[C@H]5/C=C\CC[C@@H](C)C[C@@H](C)[C@H](NC(=O)O)C(=O)N4C3)nc(N(C)C)nc2c1. The van der Waals surface area contributed by atoms with Gasteiger partial charge in [0.15, 0.2) is 0 Å². The van der Waals surface area contributed by atoms with E-state index >= 15 is 0 Å². The highest BCUT2D eigenvalue weighted by atomic mass is 32.2. The minimum atomic E-state index is -4.01. The molecule has 0 radical (unpaired) electrons. The number of carboxylic acid groups (broad SMARTS) is 1. The van der Waals surface area contributed by atoms with Gasteiger partial charge in [-0.2, -0.15) is 4.98 Å². The number of rotatable bonds is 8. The summed E-state index contributed by atoms with van der Waals surface area (Å²) in [5, 5.41) is 15.6. The van der Waals surface area contributed by atoms with Crippen LogP contribution < -0.4 is 29.7 Å². The highest BCUT2D eigenvalue weighted by Gasteiger charge is 2.63. The van der Waals surface area contributed by atoms with Crippen molar-refractivity contribution in [1.82, 2.24) is 30.2 Å². The lowest BCUT2D eigenvalue weighted by atomic mass is 9.88. The number of nitrogens with zero attached hydrogens (tertiary/aromatic N) is 4. The van der Waals surface area contributed by atoms with Crippen LogP contribution in [-0.4, -0.2) is 108 Å². The van der Waals surface area contributed by atoms with Crippen LogP contribution in [0.25, 0.3) is 10.9 Å². The number of nitrogens with one attached hydrogen (secondary N) is 3. The molecule has 53 heavy (non-hydrogen) atoms. The van der Waals surface area contributed by atoms with E-state index in [1.54, 1.807) is 51.2 Å². The molecule has 2 aromatic rings. The Kier molecular flexibility index (Phi) is 10.3. The van der Waals surface area contributed by atoms with Crippen LogP contribution in [0.1, 0.15) is 65.7 Å². The summed E-state index contributed by atoms with van der Waals surface area (Å²) in [6.45, 7) is 5.32. The number of aromatic nitrogens is 2. The highest BCUT2D eigenvalue weighted by molar-refractivity contribution is 7.91. The van der Waals surface area contributed by atoms with E-state index in [1.807, 2.05) is 26.0 Å². The first-order valence-electron chi connectivity index (χ1n) is 18.0. The summed E-state index contributed by atoms with van der Waals surface area (Å²) in [4.78, 5) is 66.9. The summed E-state index contributed by atoms with van der Waals surface area (Å²) < 4.78 is 39.3. The number of hydrogen-bond donors (Lipinski definition) is 4. The monoisotopic (exact) mass is 755 g/mol. The molecule has 6 rings (SSSR count). The lowest BCUT2D eigenvalue weighted by molar-refractivity contribution is -0.142. The molecule has 0 unspecified atom stereocenters. The van der Waals surface area contributed by atoms with Crippen LogP contribution in [0.15, 0.2) is 30.4 Å². The predicted octanol–water partition coefficient (Wildman–Crippen LogP) is 2.57. The maximum Gasteiger partial charge on any atom is 0.405 e. The molecule has 2 aliphatic heterocycles. The standard InChI is InChI=1S/C36H49N7O9S/c1-20-9-7-8-10-22-18-36(22,32(46)41-53(49,50)35(3)13-14-35)40-29(44)27-17-24(19-43(27)31(45)28(21(2)15-20)38-34(47)48)52-30-25-12-11-23(51-6)16-26(25)37-33(39-30)42(4)5/h8,10-12,16,20-22,24,27-28,38H,7,9,13-15,17-19H2,1-6H3,(H,40,44)(H,41,46)(H,47,48)/b10-8-/t20-,21-,22-,24-,27+,28+,36-/m1/s1. The minimum absolute atomic E-state index is 0.0182. The number of anilines is 1. The van der Waals surface area contributed by atoms with E-state index in [4.69, 9.17) is 9.47 Å². The Bertz CT molecular complexity index is 1930. The number of allylic oxidation sites excluding steroid dienone is 1. The van der Waals surface area contributed by atoms with E-state index in [2.05, 4.69) is 25.3 Å². The van der Waals surface area contributed by atoms with Crippen LogP contribution in [0, 0.1) is 17.8 Å². The third kappa shape index (κ3) is 7.71. The number of hydrogen-bond acceptors (Lipinski definition) is 11. The van der Waals surface area contributed by atoms with E-state index in [9.17, 15) is 32.7 Å². The average molecular weight is 756 g/mol. The number of carbonyl (C=O) groups is 4. The molecule has 4 N–H and O–H groups in total. The quantitative estimate of drug-likeness (QED) is 0.287. The van der Waals surface area contributed by atoms with Crippen molar-refractivity contribution >= 4 is 50.7 Å². The fourth-order valence-corrected chi connectivity index (χ4v) is 8.69. The Morgan fingerprint density at radius 2 is 1.87 bits per heavy atom. The van der Waals surface area contributed by atoms with Gasteiger partial charge in [-0.25, -0.2) is 18.2 Å². The summed E-state index contributed by atoms with van der Waals surface area (Å²) in [6, 6.07) is 2.88. The number of sulfonamides is 1. The Morgan fingerprint density at radius 1 is 1.13 bits per heavy atom. The van der Waals surface area contributed by atoms with Crippen molar-refractivity contribution in [2.24, 2.45) is 17.8 Å². The second-order valence-corrected chi connectivity index (χ2v) is 17.7. The van der Waals surface area contributed by atoms with Crippen LogP contribution in [-0.2, 0) is 24.4 Å². The molecule has 3 fully saturated rings. The molecule has 16 nitrogen and oxygen atoms in total. The molecule has 17 heteroatoms. The van der Waals surface area contributed by atoms with Gasteiger partial charge in [-0.15, -0.1) is 0 Å². The summed E-state index contributed by atoms with van der Waals surface area (Å²) >= 11 is 0. The van der Waals surface area contributed by atoms with Crippen molar-refractivity contribution in [1.29, 1.82) is 0 Å². The minimum Gasteiger partial charge on any atom is -0.497 e. The Morgan fingerprint density at radius 3 is 2.53 bits per heavy atom. The van der Waals surface area contributed by atoms with Gasteiger partial charge in [-0.05, 0) is 69.4 Å². The lowest BCUT2D eigenvalue weighted by Crippen LogP contribution is -2.59.